The third-order valence-corrected chi connectivity index (χ3v) is 3.02. The second-order valence-electron chi connectivity index (χ2n) is 3.61. The van der Waals surface area contributed by atoms with Gasteiger partial charge in [0.2, 0.25) is 5.91 Å². The molecule has 1 aliphatic carbocycles. The van der Waals surface area contributed by atoms with Crippen molar-refractivity contribution >= 4 is 21.8 Å². The van der Waals surface area contributed by atoms with Gasteiger partial charge in [-0.25, -0.2) is 0 Å². The number of hydrogen-bond acceptors (Lipinski definition) is 1. The smallest absolute Gasteiger partial charge is 0.224 e. The molecule has 3 heteroatoms. The van der Waals surface area contributed by atoms with Crippen LogP contribution in [0.1, 0.15) is 18.4 Å². The lowest BCUT2D eigenvalue weighted by molar-refractivity contribution is -0.120. The van der Waals surface area contributed by atoms with E-state index in [0.717, 1.165) is 22.9 Å². The Morgan fingerprint density at radius 1 is 1.43 bits per heavy atom. The molecule has 0 radical (unpaired) electrons. The molecule has 0 atom stereocenters. The standard InChI is InChI=1S/C11H12BrNO/c12-10-4-2-1-3-8(10)7-11(14)13-9-5-6-9/h1-4,9H,5-7H2,(H,13,14). The fourth-order valence-corrected chi connectivity index (χ4v) is 1.75. The molecule has 2 nitrogen and oxygen atoms in total. The van der Waals surface area contributed by atoms with E-state index >= 15 is 0 Å². The molecule has 1 aromatic carbocycles. The van der Waals surface area contributed by atoms with Crippen LogP contribution in [0.4, 0.5) is 0 Å². The number of benzene rings is 1. The van der Waals surface area contributed by atoms with Crippen molar-refractivity contribution in [3.8, 4) is 0 Å². The minimum atomic E-state index is 0.124. The summed E-state index contributed by atoms with van der Waals surface area (Å²) in [6.07, 6.45) is 2.75. The van der Waals surface area contributed by atoms with Gasteiger partial charge in [-0.05, 0) is 24.5 Å². The highest BCUT2D eigenvalue weighted by Crippen LogP contribution is 2.20. The van der Waals surface area contributed by atoms with E-state index in [1.807, 2.05) is 24.3 Å². The molecule has 1 N–H and O–H groups in total. The predicted octanol–water partition coefficient (Wildman–Crippen LogP) is 2.27. The highest BCUT2D eigenvalue weighted by molar-refractivity contribution is 9.10. The van der Waals surface area contributed by atoms with Gasteiger partial charge in [0.25, 0.3) is 0 Å². The lowest BCUT2D eigenvalue weighted by Crippen LogP contribution is -2.27. The molecule has 0 unspecified atom stereocenters. The van der Waals surface area contributed by atoms with Gasteiger partial charge in [0.1, 0.15) is 0 Å². The molecule has 1 aromatic rings. The summed E-state index contributed by atoms with van der Waals surface area (Å²) in [6, 6.07) is 8.28. The molecular formula is C11H12BrNO. The van der Waals surface area contributed by atoms with Gasteiger partial charge in [-0.1, -0.05) is 34.1 Å². The van der Waals surface area contributed by atoms with Crippen molar-refractivity contribution in [2.45, 2.75) is 25.3 Å². The maximum atomic E-state index is 11.5. The average Bonchev–Trinajstić information content (AvgIpc) is 2.93. The zero-order valence-electron chi connectivity index (χ0n) is 7.79. The maximum absolute atomic E-state index is 11.5. The Hall–Kier alpha value is -0.830. The summed E-state index contributed by atoms with van der Waals surface area (Å²) in [4.78, 5) is 11.5. The Kier molecular flexibility index (Phi) is 2.87. The van der Waals surface area contributed by atoms with Gasteiger partial charge in [-0.15, -0.1) is 0 Å². The summed E-state index contributed by atoms with van der Waals surface area (Å²) in [5, 5.41) is 2.97. The molecule has 0 saturated heterocycles. The molecule has 0 aromatic heterocycles. The van der Waals surface area contributed by atoms with Crippen molar-refractivity contribution < 1.29 is 4.79 Å². The van der Waals surface area contributed by atoms with Crippen molar-refractivity contribution in [1.29, 1.82) is 0 Å². The van der Waals surface area contributed by atoms with E-state index in [2.05, 4.69) is 21.2 Å². The number of rotatable bonds is 3. The van der Waals surface area contributed by atoms with Crippen LogP contribution in [0.5, 0.6) is 0 Å². The Bertz CT molecular complexity index is 347. The van der Waals surface area contributed by atoms with Crippen LogP contribution >= 0.6 is 15.9 Å². The van der Waals surface area contributed by atoms with Crippen LogP contribution in [0.2, 0.25) is 0 Å². The molecular weight excluding hydrogens is 242 g/mol. The highest BCUT2D eigenvalue weighted by atomic mass is 79.9. The third-order valence-electron chi connectivity index (χ3n) is 2.25. The number of hydrogen-bond donors (Lipinski definition) is 1. The van der Waals surface area contributed by atoms with Crippen LogP contribution in [0, 0.1) is 0 Å². The number of nitrogens with one attached hydrogen (secondary N) is 1. The minimum Gasteiger partial charge on any atom is -0.353 e. The van der Waals surface area contributed by atoms with Crippen LogP contribution in [0.25, 0.3) is 0 Å². The van der Waals surface area contributed by atoms with Crippen LogP contribution in [-0.2, 0) is 11.2 Å². The summed E-state index contributed by atoms with van der Waals surface area (Å²) >= 11 is 3.43. The van der Waals surface area contributed by atoms with E-state index in [0.29, 0.717) is 12.5 Å². The average molecular weight is 254 g/mol. The number of halogens is 1. The molecule has 1 amide bonds. The van der Waals surface area contributed by atoms with Gasteiger partial charge in [-0.3, -0.25) is 4.79 Å². The lowest BCUT2D eigenvalue weighted by atomic mass is 10.1. The molecule has 14 heavy (non-hydrogen) atoms. The van der Waals surface area contributed by atoms with Gasteiger partial charge < -0.3 is 5.32 Å². The maximum Gasteiger partial charge on any atom is 0.224 e. The second kappa shape index (κ2) is 4.13. The molecule has 0 spiro atoms. The molecule has 0 bridgehead atoms. The van der Waals surface area contributed by atoms with Crippen molar-refractivity contribution in [2.24, 2.45) is 0 Å². The fraction of sp³-hybridized carbons (Fsp3) is 0.364. The second-order valence-corrected chi connectivity index (χ2v) is 4.46. The minimum absolute atomic E-state index is 0.124. The summed E-state index contributed by atoms with van der Waals surface area (Å²) in [5.41, 5.74) is 1.05. The van der Waals surface area contributed by atoms with Crippen molar-refractivity contribution in [3.05, 3.63) is 34.3 Å². The highest BCUT2D eigenvalue weighted by Gasteiger charge is 2.23. The van der Waals surface area contributed by atoms with Gasteiger partial charge in [0, 0.05) is 10.5 Å². The quantitative estimate of drug-likeness (QED) is 0.880. The predicted molar refractivity (Wildman–Crippen MR) is 59.0 cm³/mol. The molecule has 0 aliphatic heterocycles. The van der Waals surface area contributed by atoms with Crippen molar-refractivity contribution in [2.75, 3.05) is 0 Å². The zero-order chi connectivity index (χ0) is 9.97. The van der Waals surface area contributed by atoms with Crippen LogP contribution in [-0.4, -0.2) is 11.9 Å². The number of carbonyl (C=O) groups excluding carboxylic acids is 1. The van der Waals surface area contributed by atoms with E-state index in [1.165, 1.54) is 0 Å². The Morgan fingerprint density at radius 2 is 2.14 bits per heavy atom. The third kappa shape index (κ3) is 2.58. The summed E-state index contributed by atoms with van der Waals surface area (Å²) in [5.74, 6) is 0.124. The zero-order valence-corrected chi connectivity index (χ0v) is 9.38. The van der Waals surface area contributed by atoms with Gasteiger partial charge >= 0.3 is 0 Å². The first-order chi connectivity index (χ1) is 6.75. The van der Waals surface area contributed by atoms with Gasteiger partial charge in [0.15, 0.2) is 0 Å². The first-order valence-electron chi connectivity index (χ1n) is 4.78. The van der Waals surface area contributed by atoms with E-state index in [9.17, 15) is 4.79 Å². The normalized spacial score (nSPS) is 15.2. The molecule has 1 fully saturated rings. The van der Waals surface area contributed by atoms with Crippen LogP contribution in [0.15, 0.2) is 28.7 Å². The molecule has 1 saturated carbocycles. The first-order valence-corrected chi connectivity index (χ1v) is 5.58. The van der Waals surface area contributed by atoms with Crippen LogP contribution < -0.4 is 5.32 Å². The topological polar surface area (TPSA) is 29.1 Å². The fourth-order valence-electron chi connectivity index (χ4n) is 1.32. The van der Waals surface area contributed by atoms with Gasteiger partial charge in [0.05, 0.1) is 6.42 Å². The molecule has 2 rings (SSSR count). The first kappa shape index (κ1) is 9.71. The summed E-state index contributed by atoms with van der Waals surface area (Å²) in [7, 11) is 0. The van der Waals surface area contributed by atoms with E-state index in [1.54, 1.807) is 0 Å². The van der Waals surface area contributed by atoms with E-state index < -0.39 is 0 Å². The van der Waals surface area contributed by atoms with E-state index in [4.69, 9.17) is 0 Å². The Labute approximate surface area is 91.8 Å². The SMILES string of the molecule is O=C(Cc1ccccc1Br)NC1CC1. The molecule has 1 aliphatic rings. The van der Waals surface area contributed by atoms with Crippen molar-refractivity contribution in [1.82, 2.24) is 5.32 Å². The number of carbonyl (C=O) groups is 1. The monoisotopic (exact) mass is 253 g/mol. The van der Waals surface area contributed by atoms with E-state index in [-0.39, 0.29) is 5.91 Å². The molecule has 0 heterocycles. The Balaban J connectivity index is 1.95. The lowest BCUT2D eigenvalue weighted by Gasteiger charge is -2.04. The molecule has 74 valence electrons. The number of amides is 1. The van der Waals surface area contributed by atoms with Gasteiger partial charge in [-0.2, -0.15) is 0 Å². The Morgan fingerprint density at radius 3 is 2.79 bits per heavy atom. The summed E-state index contributed by atoms with van der Waals surface area (Å²) < 4.78 is 1.01. The summed E-state index contributed by atoms with van der Waals surface area (Å²) in [6.45, 7) is 0. The van der Waals surface area contributed by atoms with Crippen molar-refractivity contribution in [3.63, 3.8) is 0 Å². The van der Waals surface area contributed by atoms with Crippen LogP contribution in [0.3, 0.4) is 0 Å². The largest absolute Gasteiger partial charge is 0.353 e.